The number of halogens is 1. The second-order valence-electron chi connectivity index (χ2n) is 9.78. The van der Waals surface area contributed by atoms with Gasteiger partial charge in [-0.2, -0.15) is 0 Å². The fourth-order valence-electron chi connectivity index (χ4n) is 5.97. The van der Waals surface area contributed by atoms with Crippen LogP contribution in [-0.2, 0) is 0 Å². The van der Waals surface area contributed by atoms with Crippen molar-refractivity contribution in [2.45, 2.75) is 25.0 Å². The molecule has 1 unspecified atom stereocenters. The minimum Gasteiger partial charge on any atom is -0.497 e. The average molecular weight is 513 g/mol. The first-order valence-electron chi connectivity index (χ1n) is 12.7. The molecule has 0 saturated carbocycles. The molecule has 188 valence electrons. The molecule has 5 atom stereocenters. The number of methoxy groups -OCH3 is 1. The van der Waals surface area contributed by atoms with Gasteiger partial charge >= 0.3 is 0 Å². The van der Waals surface area contributed by atoms with Crippen LogP contribution in [0, 0.1) is 11.8 Å². The summed E-state index contributed by atoms with van der Waals surface area (Å²) in [5, 5.41) is 1.38. The maximum absolute atomic E-state index is 6.94. The fourth-order valence-corrected chi connectivity index (χ4v) is 6.20. The van der Waals surface area contributed by atoms with Crippen molar-refractivity contribution < 1.29 is 9.47 Å². The number of hydrogen-bond donors (Lipinski definition) is 0. The van der Waals surface area contributed by atoms with Crippen molar-refractivity contribution in [3.8, 4) is 22.8 Å². The fraction of sp³-hybridized carbons (Fsp3) is 0.300. The van der Waals surface area contributed by atoms with Gasteiger partial charge in [0.1, 0.15) is 23.3 Å². The summed E-state index contributed by atoms with van der Waals surface area (Å²) in [5.74, 6) is 2.36. The molecule has 0 spiro atoms. The summed E-state index contributed by atoms with van der Waals surface area (Å²) in [6.07, 6.45) is 7.35. The first-order valence-corrected chi connectivity index (χ1v) is 13.1. The highest BCUT2D eigenvalue weighted by atomic mass is 35.5. The molecule has 3 fully saturated rings. The molecule has 2 aromatic carbocycles. The summed E-state index contributed by atoms with van der Waals surface area (Å²) >= 11 is 6.64. The highest BCUT2D eigenvalue weighted by Gasteiger charge is 2.44. The summed E-state index contributed by atoms with van der Waals surface area (Å²) in [5.41, 5.74) is 3.58. The Labute approximate surface area is 221 Å². The molecule has 6 nitrogen and oxygen atoms in total. The van der Waals surface area contributed by atoms with E-state index in [0.717, 1.165) is 47.3 Å². The lowest BCUT2D eigenvalue weighted by Crippen LogP contribution is -2.55. The van der Waals surface area contributed by atoms with Crippen LogP contribution in [0.25, 0.3) is 22.0 Å². The van der Waals surface area contributed by atoms with Gasteiger partial charge in [0, 0.05) is 23.7 Å². The van der Waals surface area contributed by atoms with Crippen molar-refractivity contribution in [1.82, 2.24) is 19.9 Å². The van der Waals surface area contributed by atoms with E-state index in [0.29, 0.717) is 28.4 Å². The van der Waals surface area contributed by atoms with E-state index in [1.807, 2.05) is 54.7 Å². The zero-order chi connectivity index (χ0) is 25.4. The number of fused-ring (bicyclic) bond motifs is 4. The van der Waals surface area contributed by atoms with Crippen molar-refractivity contribution in [3.63, 3.8) is 0 Å². The van der Waals surface area contributed by atoms with Gasteiger partial charge in [0.25, 0.3) is 0 Å². The SMILES string of the molecule is C=C[C@H]1CN2CC[C@H]1C[C@@H]2[C@@H](Oc1ncnc(Cl)c1-c1ccccc1)c1ccnc2ccc(OC)cc12. The molecule has 0 amide bonds. The van der Waals surface area contributed by atoms with E-state index in [1.165, 1.54) is 12.7 Å². The van der Waals surface area contributed by atoms with Crippen LogP contribution in [0.2, 0.25) is 5.15 Å². The molecule has 2 bridgehead atoms. The van der Waals surface area contributed by atoms with E-state index in [2.05, 4.69) is 38.6 Å². The summed E-state index contributed by atoms with van der Waals surface area (Å²) < 4.78 is 12.5. The van der Waals surface area contributed by atoms with Crippen LogP contribution in [0.4, 0.5) is 0 Å². The zero-order valence-electron chi connectivity index (χ0n) is 20.8. The van der Waals surface area contributed by atoms with Crippen LogP contribution in [0.15, 0.2) is 79.8 Å². The Balaban J connectivity index is 1.49. The minimum atomic E-state index is -0.292. The highest BCUT2D eigenvalue weighted by molar-refractivity contribution is 6.32. The Morgan fingerprint density at radius 3 is 2.73 bits per heavy atom. The highest BCUT2D eigenvalue weighted by Crippen LogP contribution is 2.45. The molecule has 3 aliphatic rings. The number of pyridine rings is 1. The maximum atomic E-state index is 6.94. The van der Waals surface area contributed by atoms with Gasteiger partial charge in [-0.15, -0.1) is 6.58 Å². The quantitative estimate of drug-likeness (QED) is 0.212. The molecule has 3 aliphatic heterocycles. The van der Waals surface area contributed by atoms with Gasteiger partial charge in [-0.05, 0) is 61.1 Å². The lowest BCUT2D eigenvalue weighted by Gasteiger charge is -2.51. The van der Waals surface area contributed by atoms with Crippen LogP contribution in [-0.4, -0.2) is 46.1 Å². The number of nitrogens with zero attached hydrogens (tertiary/aromatic N) is 4. The predicted molar refractivity (Wildman–Crippen MR) is 146 cm³/mol. The second kappa shape index (κ2) is 10.1. The molecule has 37 heavy (non-hydrogen) atoms. The van der Waals surface area contributed by atoms with Crippen molar-refractivity contribution in [2.24, 2.45) is 11.8 Å². The van der Waals surface area contributed by atoms with E-state index < -0.39 is 0 Å². The molecule has 0 aliphatic carbocycles. The number of aromatic nitrogens is 3. The van der Waals surface area contributed by atoms with Gasteiger partial charge < -0.3 is 9.47 Å². The Kier molecular flexibility index (Phi) is 6.53. The lowest BCUT2D eigenvalue weighted by atomic mass is 9.73. The Hall–Kier alpha value is -3.48. The third kappa shape index (κ3) is 4.45. The Morgan fingerprint density at radius 1 is 1.11 bits per heavy atom. The van der Waals surface area contributed by atoms with Crippen molar-refractivity contribution >= 4 is 22.5 Å². The Bertz CT molecular complexity index is 1430. The van der Waals surface area contributed by atoms with Crippen molar-refractivity contribution in [1.29, 1.82) is 0 Å². The molecule has 0 radical (unpaired) electrons. The minimum absolute atomic E-state index is 0.170. The lowest BCUT2D eigenvalue weighted by molar-refractivity contribution is -0.0367. The molecule has 2 aromatic heterocycles. The van der Waals surface area contributed by atoms with E-state index >= 15 is 0 Å². The summed E-state index contributed by atoms with van der Waals surface area (Å²) in [4.78, 5) is 16.0. The molecular formula is C30H29ClN4O2. The molecule has 7 heteroatoms. The summed E-state index contributed by atoms with van der Waals surface area (Å²) in [7, 11) is 1.68. The van der Waals surface area contributed by atoms with Crippen LogP contribution >= 0.6 is 11.6 Å². The second-order valence-corrected chi connectivity index (χ2v) is 10.1. The largest absolute Gasteiger partial charge is 0.497 e. The number of ether oxygens (including phenoxy) is 2. The monoisotopic (exact) mass is 512 g/mol. The molecular weight excluding hydrogens is 484 g/mol. The number of rotatable bonds is 7. The standard InChI is InChI=1S/C30H29ClN4O2/c1-3-19-17-35-14-12-21(19)15-26(35)28(23-11-13-32-25-10-9-22(36-2)16-24(23)25)37-30-27(29(31)33-18-34-30)20-7-5-4-6-8-20/h3-11,13,16,18-19,21,26,28H,1,12,14-15,17H2,2H3/t19-,21-,26+,28-/m0/s1. The first kappa shape index (κ1) is 23.9. The van der Waals surface area contributed by atoms with E-state index in [1.54, 1.807) is 7.11 Å². The molecule has 3 saturated heterocycles. The third-order valence-electron chi connectivity index (χ3n) is 7.86. The molecule has 4 aromatic rings. The van der Waals surface area contributed by atoms with E-state index in [-0.39, 0.29) is 12.1 Å². The van der Waals surface area contributed by atoms with Crippen molar-refractivity contribution in [3.05, 3.63) is 90.5 Å². The van der Waals surface area contributed by atoms with Crippen LogP contribution in [0.5, 0.6) is 11.6 Å². The normalized spacial score (nSPS) is 23.5. The Morgan fingerprint density at radius 2 is 1.97 bits per heavy atom. The molecule has 5 heterocycles. The molecule has 7 rings (SSSR count). The first-order chi connectivity index (χ1) is 18.2. The van der Waals surface area contributed by atoms with Crippen LogP contribution in [0.3, 0.4) is 0 Å². The zero-order valence-corrected chi connectivity index (χ0v) is 21.5. The number of benzene rings is 2. The van der Waals surface area contributed by atoms with E-state index in [4.69, 9.17) is 21.1 Å². The van der Waals surface area contributed by atoms with Gasteiger partial charge in [0.15, 0.2) is 0 Å². The molecule has 0 N–H and O–H groups in total. The van der Waals surface area contributed by atoms with Gasteiger partial charge in [0.2, 0.25) is 5.88 Å². The van der Waals surface area contributed by atoms with Crippen molar-refractivity contribution in [2.75, 3.05) is 20.2 Å². The predicted octanol–water partition coefficient (Wildman–Crippen LogP) is 6.37. The summed E-state index contributed by atoms with van der Waals surface area (Å²) in [6.45, 7) is 6.13. The van der Waals surface area contributed by atoms with Gasteiger partial charge in [-0.25, -0.2) is 9.97 Å². The maximum Gasteiger partial charge on any atom is 0.226 e. The number of hydrogen-bond acceptors (Lipinski definition) is 6. The average Bonchev–Trinajstić information content (AvgIpc) is 2.96. The van der Waals surface area contributed by atoms with Gasteiger partial charge in [-0.3, -0.25) is 9.88 Å². The smallest absolute Gasteiger partial charge is 0.226 e. The van der Waals surface area contributed by atoms with Gasteiger partial charge in [0.05, 0.1) is 24.2 Å². The topological polar surface area (TPSA) is 60.4 Å². The summed E-state index contributed by atoms with van der Waals surface area (Å²) in [6, 6.07) is 18.1. The third-order valence-corrected chi connectivity index (χ3v) is 8.15. The van der Waals surface area contributed by atoms with Crippen LogP contribution in [0.1, 0.15) is 24.5 Å². The van der Waals surface area contributed by atoms with Crippen LogP contribution < -0.4 is 9.47 Å². The van der Waals surface area contributed by atoms with Gasteiger partial charge in [-0.1, -0.05) is 48.0 Å². The number of piperidine rings is 3. The van der Waals surface area contributed by atoms with E-state index in [9.17, 15) is 0 Å².